The number of rotatable bonds is 5. The monoisotopic (exact) mass is 242 g/mol. The summed E-state index contributed by atoms with van der Waals surface area (Å²) in [6, 6.07) is -0.507. The largest absolute Gasteiger partial charge is 0.466 e. The molecule has 3 amide bonds. The molecule has 0 bridgehead atoms. The summed E-state index contributed by atoms with van der Waals surface area (Å²) in [6.45, 7) is 5.69. The van der Waals surface area contributed by atoms with Gasteiger partial charge in [-0.05, 0) is 19.3 Å². The number of hydrogen-bond acceptors (Lipinski definition) is 4. The van der Waals surface area contributed by atoms with E-state index in [1.807, 2.05) is 13.8 Å². The van der Waals surface area contributed by atoms with Gasteiger partial charge in [0.05, 0.1) is 6.61 Å². The minimum Gasteiger partial charge on any atom is -0.466 e. The number of ether oxygens (including phenoxy) is 1. The highest BCUT2D eigenvalue weighted by Gasteiger charge is 2.48. The van der Waals surface area contributed by atoms with E-state index in [1.165, 1.54) is 0 Å². The number of imide groups is 1. The molecule has 2 N–H and O–H groups in total. The molecule has 1 rings (SSSR count). The van der Waals surface area contributed by atoms with Gasteiger partial charge in [0.2, 0.25) is 0 Å². The molecule has 96 valence electrons. The first-order valence-corrected chi connectivity index (χ1v) is 5.71. The molecule has 0 saturated carbocycles. The topological polar surface area (TPSA) is 84.5 Å². The smallest absolute Gasteiger partial charge is 0.322 e. The highest BCUT2D eigenvalue weighted by atomic mass is 16.5. The lowest BCUT2D eigenvalue weighted by atomic mass is 9.82. The maximum Gasteiger partial charge on any atom is 0.322 e. The molecule has 0 aromatic rings. The third kappa shape index (κ3) is 2.75. The summed E-state index contributed by atoms with van der Waals surface area (Å²) in [5, 5.41) is 4.81. The second-order valence-electron chi connectivity index (χ2n) is 4.34. The fraction of sp³-hybridized carbons (Fsp3) is 0.727. The lowest BCUT2D eigenvalue weighted by Crippen LogP contribution is -2.51. The normalized spacial score (nSPS) is 23.5. The molecule has 6 nitrogen and oxygen atoms in total. The van der Waals surface area contributed by atoms with E-state index in [0.717, 1.165) is 0 Å². The van der Waals surface area contributed by atoms with Crippen molar-refractivity contribution in [3.8, 4) is 0 Å². The molecule has 6 heteroatoms. The molecule has 0 spiro atoms. The number of urea groups is 1. The van der Waals surface area contributed by atoms with Crippen molar-refractivity contribution in [2.75, 3.05) is 6.61 Å². The molecular weight excluding hydrogens is 224 g/mol. The van der Waals surface area contributed by atoms with E-state index in [9.17, 15) is 14.4 Å². The van der Waals surface area contributed by atoms with Crippen molar-refractivity contribution >= 4 is 17.9 Å². The van der Waals surface area contributed by atoms with Crippen molar-refractivity contribution in [2.45, 2.75) is 39.2 Å². The standard InChI is InChI=1S/C11H18N2O4/c1-4-17-8(14)5-6-11(7(2)3)9(15)12-10(16)13-11/h7H,4-6H2,1-3H3,(H2,12,13,15,16). The number of esters is 1. The van der Waals surface area contributed by atoms with Crippen molar-refractivity contribution in [1.82, 2.24) is 10.6 Å². The highest BCUT2D eigenvalue weighted by Crippen LogP contribution is 2.26. The van der Waals surface area contributed by atoms with Gasteiger partial charge in [-0.15, -0.1) is 0 Å². The average Bonchev–Trinajstić information content (AvgIpc) is 2.52. The van der Waals surface area contributed by atoms with Crippen LogP contribution < -0.4 is 10.6 Å². The van der Waals surface area contributed by atoms with E-state index in [4.69, 9.17) is 4.74 Å². The van der Waals surface area contributed by atoms with Crippen molar-refractivity contribution in [2.24, 2.45) is 5.92 Å². The first-order valence-electron chi connectivity index (χ1n) is 5.71. The third-order valence-electron chi connectivity index (χ3n) is 2.98. The van der Waals surface area contributed by atoms with Gasteiger partial charge in [0.25, 0.3) is 5.91 Å². The minimum absolute atomic E-state index is 0.0941. The van der Waals surface area contributed by atoms with Gasteiger partial charge in [-0.1, -0.05) is 13.8 Å². The van der Waals surface area contributed by atoms with Crippen LogP contribution in [0.2, 0.25) is 0 Å². The van der Waals surface area contributed by atoms with Crippen LogP contribution in [0, 0.1) is 5.92 Å². The molecular formula is C11H18N2O4. The summed E-state index contributed by atoms with van der Waals surface area (Å²) in [5.74, 6) is -0.827. The molecule has 1 aliphatic rings. The third-order valence-corrected chi connectivity index (χ3v) is 2.98. The van der Waals surface area contributed by atoms with Gasteiger partial charge in [0.15, 0.2) is 0 Å². The first-order chi connectivity index (χ1) is 7.92. The van der Waals surface area contributed by atoms with Gasteiger partial charge in [-0.3, -0.25) is 14.9 Å². The van der Waals surface area contributed by atoms with Gasteiger partial charge >= 0.3 is 12.0 Å². The molecule has 1 atom stereocenters. The van der Waals surface area contributed by atoms with E-state index in [2.05, 4.69) is 10.6 Å². The van der Waals surface area contributed by atoms with E-state index < -0.39 is 11.6 Å². The van der Waals surface area contributed by atoms with E-state index in [1.54, 1.807) is 6.92 Å². The molecule has 1 unspecified atom stereocenters. The second-order valence-corrected chi connectivity index (χ2v) is 4.34. The van der Waals surface area contributed by atoms with Crippen molar-refractivity contribution in [3.05, 3.63) is 0 Å². The second kappa shape index (κ2) is 5.16. The van der Waals surface area contributed by atoms with E-state index >= 15 is 0 Å². The number of hydrogen-bond donors (Lipinski definition) is 2. The van der Waals surface area contributed by atoms with Crippen LogP contribution in [-0.4, -0.2) is 30.1 Å². The molecule has 1 aliphatic heterocycles. The Kier molecular flexibility index (Phi) is 4.09. The van der Waals surface area contributed by atoms with Gasteiger partial charge < -0.3 is 10.1 Å². The summed E-state index contributed by atoms with van der Waals surface area (Å²) in [6.07, 6.45) is 0.362. The van der Waals surface area contributed by atoms with Crippen LogP contribution in [0.4, 0.5) is 4.79 Å². The summed E-state index contributed by atoms with van der Waals surface area (Å²) in [4.78, 5) is 34.2. The van der Waals surface area contributed by atoms with Crippen LogP contribution in [0.5, 0.6) is 0 Å². The zero-order valence-electron chi connectivity index (χ0n) is 10.3. The van der Waals surface area contributed by atoms with Crippen LogP contribution in [0.15, 0.2) is 0 Å². The lowest BCUT2D eigenvalue weighted by molar-refractivity contribution is -0.143. The van der Waals surface area contributed by atoms with Crippen LogP contribution in [0.25, 0.3) is 0 Å². The number of nitrogens with one attached hydrogen (secondary N) is 2. The highest BCUT2D eigenvalue weighted by molar-refractivity contribution is 6.07. The van der Waals surface area contributed by atoms with Crippen molar-refractivity contribution < 1.29 is 19.1 Å². The summed E-state index contributed by atoms with van der Waals surface area (Å²) in [5.41, 5.74) is -0.996. The molecule has 17 heavy (non-hydrogen) atoms. The summed E-state index contributed by atoms with van der Waals surface area (Å²) < 4.78 is 4.81. The van der Waals surface area contributed by atoms with Gasteiger partial charge in [0.1, 0.15) is 5.54 Å². The Bertz CT molecular complexity index is 340. The van der Waals surface area contributed by atoms with Gasteiger partial charge in [-0.2, -0.15) is 0 Å². The van der Waals surface area contributed by atoms with E-state index in [0.29, 0.717) is 6.61 Å². The maximum atomic E-state index is 11.8. The van der Waals surface area contributed by atoms with Crippen LogP contribution in [0.1, 0.15) is 33.6 Å². The van der Waals surface area contributed by atoms with Crippen LogP contribution in [0.3, 0.4) is 0 Å². The Balaban J connectivity index is 2.71. The zero-order valence-corrected chi connectivity index (χ0v) is 10.3. The van der Waals surface area contributed by atoms with Crippen molar-refractivity contribution in [3.63, 3.8) is 0 Å². The Morgan fingerprint density at radius 2 is 2.06 bits per heavy atom. The number of carbonyl (C=O) groups excluding carboxylic acids is 3. The predicted molar refractivity (Wildman–Crippen MR) is 60.1 cm³/mol. The maximum absolute atomic E-state index is 11.8. The summed E-state index contributed by atoms with van der Waals surface area (Å²) in [7, 11) is 0. The van der Waals surface area contributed by atoms with Gasteiger partial charge in [0, 0.05) is 6.42 Å². The van der Waals surface area contributed by atoms with E-state index in [-0.39, 0.29) is 30.6 Å². The number of amides is 3. The van der Waals surface area contributed by atoms with Crippen molar-refractivity contribution in [1.29, 1.82) is 0 Å². The fourth-order valence-electron chi connectivity index (χ4n) is 1.91. The SMILES string of the molecule is CCOC(=O)CCC1(C(C)C)NC(=O)NC1=O. The Labute approximate surface area is 100 Å². The molecule has 1 fully saturated rings. The van der Waals surface area contributed by atoms with Gasteiger partial charge in [-0.25, -0.2) is 4.79 Å². The molecule has 0 aliphatic carbocycles. The quantitative estimate of drug-likeness (QED) is 0.545. The first kappa shape index (κ1) is 13.5. The molecule has 0 aromatic heterocycles. The Morgan fingerprint density at radius 1 is 1.41 bits per heavy atom. The molecule has 1 saturated heterocycles. The summed E-state index contributed by atoms with van der Waals surface area (Å²) >= 11 is 0. The number of carbonyl (C=O) groups is 3. The Hall–Kier alpha value is -1.59. The molecule has 0 aromatic carbocycles. The van der Waals surface area contributed by atoms with Crippen LogP contribution >= 0.6 is 0 Å². The zero-order chi connectivity index (χ0) is 13.1. The average molecular weight is 242 g/mol. The Morgan fingerprint density at radius 3 is 2.47 bits per heavy atom. The fourth-order valence-corrected chi connectivity index (χ4v) is 1.91. The lowest BCUT2D eigenvalue weighted by Gasteiger charge is -2.29. The predicted octanol–water partition coefficient (Wildman–Crippen LogP) is 0.564. The molecule has 0 radical (unpaired) electrons. The molecule has 1 heterocycles. The van der Waals surface area contributed by atoms with Crippen LogP contribution in [-0.2, 0) is 14.3 Å². The minimum atomic E-state index is -0.996.